The molecule has 0 radical (unpaired) electrons. The van der Waals surface area contributed by atoms with Crippen LogP contribution in [-0.4, -0.2) is 14.2 Å². The van der Waals surface area contributed by atoms with Gasteiger partial charge in [-0.25, -0.2) is 0 Å². The van der Waals surface area contributed by atoms with Crippen LogP contribution in [0.2, 0.25) is 0 Å². The molecule has 5 heteroatoms. The summed E-state index contributed by atoms with van der Waals surface area (Å²) in [7, 11) is 3.28. The number of hydrogen-bond acceptors (Lipinski definition) is 4. The van der Waals surface area contributed by atoms with Crippen LogP contribution in [0.5, 0.6) is 11.5 Å². The summed E-state index contributed by atoms with van der Waals surface area (Å²) in [4.78, 5) is 1.14. The van der Waals surface area contributed by atoms with Crippen molar-refractivity contribution in [3.05, 3.63) is 44.1 Å². The molecule has 2 N–H and O–H groups in total. The highest BCUT2D eigenvalue weighted by Gasteiger charge is 2.19. The Morgan fingerprint density at radius 2 is 1.89 bits per heavy atom. The second-order valence-corrected chi connectivity index (χ2v) is 5.98. The van der Waals surface area contributed by atoms with E-state index in [1.807, 2.05) is 17.5 Å². The van der Waals surface area contributed by atoms with Gasteiger partial charge in [0.05, 0.1) is 24.7 Å². The highest BCUT2D eigenvalue weighted by Crippen LogP contribution is 2.38. The quantitative estimate of drug-likeness (QED) is 0.917. The minimum atomic E-state index is -0.211. The van der Waals surface area contributed by atoms with Crippen LogP contribution in [0.1, 0.15) is 22.0 Å². The van der Waals surface area contributed by atoms with Gasteiger partial charge in [0.2, 0.25) is 0 Å². The molecule has 1 aromatic carbocycles. The van der Waals surface area contributed by atoms with Gasteiger partial charge in [0.25, 0.3) is 0 Å². The number of ether oxygens (including phenoxy) is 2. The topological polar surface area (TPSA) is 44.5 Å². The third-order valence-electron chi connectivity index (χ3n) is 3.02. The van der Waals surface area contributed by atoms with Crippen molar-refractivity contribution in [3.8, 4) is 11.5 Å². The average Bonchev–Trinajstić information content (AvgIpc) is 2.83. The molecule has 1 aromatic heterocycles. The van der Waals surface area contributed by atoms with Crippen LogP contribution in [0.15, 0.2) is 28.1 Å². The first kappa shape index (κ1) is 14.4. The summed E-state index contributed by atoms with van der Waals surface area (Å²) in [6.45, 7) is 2.06. The van der Waals surface area contributed by atoms with Crippen molar-refractivity contribution in [1.82, 2.24) is 0 Å². The van der Waals surface area contributed by atoms with Crippen LogP contribution in [-0.2, 0) is 0 Å². The van der Waals surface area contributed by atoms with Gasteiger partial charge in [-0.15, -0.1) is 11.3 Å². The van der Waals surface area contributed by atoms with Gasteiger partial charge >= 0.3 is 0 Å². The maximum Gasteiger partial charge on any atom is 0.133 e. The second-order valence-electron chi connectivity index (χ2n) is 4.17. The van der Waals surface area contributed by atoms with E-state index in [2.05, 4.69) is 28.9 Å². The standard InChI is InChI=1S/C14H16BrNO2S/c1-8-4-5-19-14(8)13(16)9-6-12(18-3)10(15)7-11(9)17-2/h4-7,13H,16H2,1-3H3. The fourth-order valence-electron chi connectivity index (χ4n) is 1.97. The molecular weight excluding hydrogens is 326 g/mol. The number of nitrogens with two attached hydrogens (primary N) is 1. The smallest absolute Gasteiger partial charge is 0.133 e. The van der Waals surface area contributed by atoms with Crippen molar-refractivity contribution in [2.24, 2.45) is 5.73 Å². The van der Waals surface area contributed by atoms with Gasteiger partial charge < -0.3 is 15.2 Å². The Bertz CT molecular complexity index is 583. The maximum absolute atomic E-state index is 6.37. The molecule has 19 heavy (non-hydrogen) atoms. The third-order valence-corrected chi connectivity index (χ3v) is 4.75. The number of benzene rings is 1. The van der Waals surface area contributed by atoms with Crippen LogP contribution in [0, 0.1) is 6.92 Å². The maximum atomic E-state index is 6.37. The molecule has 0 amide bonds. The van der Waals surface area contributed by atoms with Crippen LogP contribution in [0.4, 0.5) is 0 Å². The second kappa shape index (κ2) is 5.94. The number of hydrogen-bond donors (Lipinski definition) is 1. The number of halogens is 1. The molecule has 0 spiro atoms. The zero-order valence-corrected chi connectivity index (χ0v) is 13.5. The number of rotatable bonds is 4. The molecule has 102 valence electrons. The van der Waals surface area contributed by atoms with Crippen LogP contribution >= 0.6 is 27.3 Å². The predicted octanol–water partition coefficient (Wildman–Crippen LogP) is 3.88. The zero-order chi connectivity index (χ0) is 14.0. The zero-order valence-electron chi connectivity index (χ0n) is 11.1. The van der Waals surface area contributed by atoms with Gasteiger partial charge in [-0.3, -0.25) is 0 Å². The Morgan fingerprint density at radius 3 is 2.42 bits per heavy atom. The summed E-state index contributed by atoms with van der Waals surface area (Å²) in [6, 6.07) is 5.67. The van der Waals surface area contributed by atoms with Gasteiger partial charge in [0.1, 0.15) is 11.5 Å². The molecule has 1 atom stereocenters. The van der Waals surface area contributed by atoms with E-state index in [4.69, 9.17) is 15.2 Å². The SMILES string of the molecule is COc1cc(C(N)c2sccc2C)c(OC)cc1Br. The normalized spacial score (nSPS) is 12.3. The molecule has 0 saturated carbocycles. The molecule has 0 aliphatic carbocycles. The molecule has 0 fully saturated rings. The van der Waals surface area contributed by atoms with Gasteiger partial charge in [-0.05, 0) is 52.0 Å². The molecule has 2 rings (SSSR count). The first-order chi connectivity index (χ1) is 9.08. The summed E-state index contributed by atoms with van der Waals surface area (Å²) in [5.41, 5.74) is 8.49. The van der Waals surface area contributed by atoms with E-state index in [0.29, 0.717) is 0 Å². The highest BCUT2D eigenvalue weighted by atomic mass is 79.9. The van der Waals surface area contributed by atoms with Gasteiger partial charge in [0, 0.05) is 10.4 Å². The molecule has 0 saturated heterocycles. The largest absolute Gasteiger partial charge is 0.496 e. The van der Waals surface area contributed by atoms with Crippen molar-refractivity contribution in [2.45, 2.75) is 13.0 Å². The van der Waals surface area contributed by atoms with Gasteiger partial charge in [0.15, 0.2) is 0 Å². The Balaban J connectivity index is 2.51. The van der Waals surface area contributed by atoms with Crippen molar-refractivity contribution >= 4 is 27.3 Å². The molecule has 1 unspecified atom stereocenters. The van der Waals surface area contributed by atoms with E-state index in [9.17, 15) is 0 Å². The Labute approximate surface area is 125 Å². The lowest BCUT2D eigenvalue weighted by atomic mass is 10.0. The van der Waals surface area contributed by atoms with E-state index in [0.717, 1.165) is 26.4 Å². The third kappa shape index (κ3) is 2.78. The lowest BCUT2D eigenvalue weighted by Gasteiger charge is -2.17. The van der Waals surface area contributed by atoms with Gasteiger partial charge in [-0.2, -0.15) is 0 Å². The Morgan fingerprint density at radius 1 is 1.21 bits per heavy atom. The lowest BCUT2D eigenvalue weighted by molar-refractivity contribution is 0.395. The minimum Gasteiger partial charge on any atom is -0.496 e. The van der Waals surface area contributed by atoms with E-state index < -0.39 is 0 Å². The van der Waals surface area contributed by atoms with Crippen LogP contribution < -0.4 is 15.2 Å². The summed E-state index contributed by atoms with van der Waals surface area (Å²) in [5, 5.41) is 2.05. The first-order valence-corrected chi connectivity index (χ1v) is 7.46. The van der Waals surface area contributed by atoms with Crippen molar-refractivity contribution in [3.63, 3.8) is 0 Å². The van der Waals surface area contributed by atoms with E-state index >= 15 is 0 Å². The molecule has 0 bridgehead atoms. The number of methoxy groups -OCH3 is 2. The van der Waals surface area contributed by atoms with E-state index in [1.54, 1.807) is 25.6 Å². The summed E-state index contributed by atoms with van der Waals surface area (Å²) >= 11 is 5.11. The Hall–Kier alpha value is -1.04. The van der Waals surface area contributed by atoms with Crippen LogP contribution in [0.3, 0.4) is 0 Å². The van der Waals surface area contributed by atoms with E-state index in [1.165, 1.54) is 5.56 Å². The fraction of sp³-hybridized carbons (Fsp3) is 0.286. The molecule has 0 aliphatic heterocycles. The van der Waals surface area contributed by atoms with Crippen LogP contribution in [0.25, 0.3) is 0 Å². The fourth-order valence-corrected chi connectivity index (χ4v) is 3.40. The molecule has 3 nitrogen and oxygen atoms in total. The van der Waals surface area contributed by atoms with Crippen molar-refractivity contribution < 1.29 is 9.47 Å². The minimum absolute atomic E-state index is 0.211. The highest BCUT2D eigenvalue weighted by molar-refractivity contribution is 9.10. The summed E-state index contributed by atoms with van der Waals surface area (Å²) in [5.74, 6) is 1.51. The first-order valence-electron chi connectivity index (χ1n) is 5.79. The number of thiophene rings is 1. The molecule has 2 aromatic rings. The number of aryl methyl sites for hydroxylation is 1. The average molecular weight is 342 g/mol. The molecular formula is C14H16BrNO2S. The van der Waals surface area contributed by atoms with Crippen molar-refractivity contribution in [2.75, 3.05) is 14.2 Å². The lowest BCUT2D eigenvalue weighted by Crippen LogP contribution is -2.13. The molecule has 0 aliphatic rings. The monoisotopic (exact) mass is 341 g/mol. The Kier molecular flexibility index (Phi) is 4.50. The predicted molar refractivity (Wildman–Crippen MR) is 82.3 cm³/mol. The molecule has 1 heterocycles. The summed E-state index contributed by atoms with van der Waals surface area (Å²) < 4.78 is 11.6. The van der Waals surface area contributed by atoms with E-state index in [-0.39, 0.29) is 6.04 Å². The van der Waals surface area contributed by atoms with Crippen molar-refractivity contribution in [1.29, 1.82) is 0 Å². The summed E-state index contributed by atoms with van der Waals surface area (Å²) in [6.07, 6.45) is 0. The van der Waals surface area contributed by atoms with Gasteiger partial charge in [-0.1, -0.05) is 0 Å².